The fourth-order valence-electron chi connectivity index (χ4n) is 0.728. The highest BCUT2D eigenvalue weighted by Crippen LogP contribution is 2.18. The molecule has 0 radical (unpaired) electrons. The third-order valence-corrected chi connectivity index (χ3v) is 1.60. The molecule has 0 aliphatic carbocycles. The average molecular weight is 174 g/mol. The smallest absolute Gasteiger partial charge is 0.181 e. The van der Waals surface area contributed by atoms with E-state index >= 15 is 0 Å². The van der Waals surface area contributed by atoms with Crippen molar-refractivity contribution in [3.05, 3.63) is 28.5 Å². The topological polar surface area (TPSA) is 53.4 Å². The lowest BCUT2D eigenvalue weighted by Gasteiger charge is -2.04. The van der Waals surface area contributed by atoms with E-state index in [1.54, 1.807) is 13.0 Å². The maximum Gasteiger partial charge on any atom is 0.181 e. The maximum absolute atomic E-state index is 8.73. The SMILES string of the molecule is Cc1ccc(C(O)O)c(Cl)n1. The van der Waals surface area contributed by atoms with Crippen molar-refractivity contribution in [3.8, 4) is 0 Å². The molecular weight excluding hydrogens is 166 g/mol. The van der Waals surface area contributed by atoms with Crippen LogP contribution in [0.1, 0.15) is 17.5 Å². The first-order chi connectivity index (χ1) is 5.11. The van der Waals surface area contributed by atoms with Gasteiger partial charge in [0, 0.05) is 11.3 Å². The minimum Gasteiger partial charge on any atom is -0.364 e. The molecule has 0 saturated heterocycles. The van der Waals surface area contributed by atoms with Gasteiger partial charge >= 0.3 is 0 Å². The Morgan fingerprint density at radius 2 is 2.09 bits per heavy atom. The number of aliphatic hydroxyl groups excluding tert-OH is 1. The summed E-state index contributed by atoms with van der Waals surface area (Å²) >= 11 is 5.59. The zero-order valence-corrected chi connectivity index (χ0v) is 6.71. The van der Waals surface area contributed by atoms with Crippen molar-refractivity contribution in [2.45, 2.75) is 13.2 Å². The van der Waals surface area contributed by atoms with E-state index in [0.29, 0.717) is 0 Å². The summed E-state index contributed by atoms with van der Waals surface area (Å²) in [5.41, 5.74) is 0.983. The number of hydrogen-bond donors (Lipinski definition) is 2. The van der Waals surface area contributed by atoms with Crippen molar-refractivity contribution in [1.29, 1.82) is 0 Å². The van der Waals surface area contributed by atoms with Gasteiger partial charge in [-0.3, -0.25) is 0 Å². The normalized spacial score (nSPS) is 10.6. The van der Waals surface area contributed by atoms with Gasteiger partial charge in [0.1, 0.15) is 5.15 Å². The van der Waals surface area contributed by atoms with Crippen LogP contribution < -0.4 is 0 Å². The Morgan fingerprint density at radius 1 is 1.45 bits per heavy atom. The van der Waals surface area contributed by atoms with Gasteiger partial charge in [-0.2, -0.15) is 0 Å². The lowest BCUT2D eigenvalue weighted by Crippen LogP contribution is -1.97. The second-order valence-corrected chi connectivity index (χ2v) is 2.56. The molecule has 0 aliphatic rings. The van der Waals surface area contributed by atoms with Crippen LogP contribution in [-0.2, 0) is 0 Å². The largest absolute Gasteiger partial charge is 0.364 e. The summed E-state index contributed by atoms with van der Waals surface area (Å²) in [5, 5.41) is 17.6. The van der Waals surface area contributed by atoms with E-state index in [1.165, 1.54) is 6.07 Å². The molecule has 0 fully saturated rings. The van der Waals surface area contributed by atoms with E-state index in [-0.39, 0.29) is 10.7 Å². The predicted octanol–water partition coefficient (Wildman–Crippen LogP) is 1.03. The van der Waals surface area contributed by atoms with E-state index in [1.807, 2.05) is 0 Å². The van der Waals surface area contributed by atoms with Gasteiger partial charge in [0.2, 0.25) is 0 Å². The highest BCUT2D eigenvalue weighted by atomic mass is 35.5. The second kappa shape index (κ2) is 3.17. The molecule has 11 heavy (non-hydrogen) atoms. The minimum absolute atomic E-state index is 0.139. The molecule has 0 saturated carbocycles. The predicted molar refractivity (Wildman–Crippen MR) is 41.2 cm³/mol. The Labute approximate surface area is 69.3 Å². The Bertz CT molecular complexity index is 263. The van der Waals surface area contributed by atoms with E-state index in [2.05, 4.69) is 4.98 Å². The molecule has 0 spiro atoms. The van der Waals surface area contributed by atoms with Crippen LogP contribution in [0.25, 0.3) is 0 Å². The lowest BCUT2D eigenvalue weighted by molar-refractivity contribution is -0.0426. The molecule has 0 bridgehead atoms. The van der Waals surface area contributed by atoms with E-state index < -0.39 is 6.29 Å². The van der Waals surface area contributed by atoms with Crippen LogP contribution >= 0.6 is 11.6 Å². The number of aliphatic hydroxyl groups is 2. The zero-order valence-electron chi connectivity index (χ0n) is 5.95. The number of pyridine rings is 1. The fourth-order valence-corrected chi connectivity index (χ4v) is 1.02. The van der Waals surface area contributed by atoms with Gasteiger partial charge in [-0.05, 0) is 19.1 Å². The van der Waals surface area contributed by atoms with Crippen molar-refractivity contribution >= 4 is 11.6 Å². The molecule has 1 rings (SSSR count). The summed E-state index contributed by atoms with van der Waals surface area (Å²) < 4.78 is 0. The van der Waals surface area contributed by atoms with Gasteiger partial charge in [-0.25, -0.2) is 4.98 Å². The molecule has 4 heteroatoms. The van der Waals surface area contributed by atoms with Gasteiger partial charge in [0.05, 0.1) is 0 Å². The molecule has 3 nitrogen and oxygen atoms in total. The Hall–Kier alpha value is -0.640. The van der Waals surface area contributed by atoms with Gasteiger partial charge in [0.15, 0.2) is 6.29 Å². The Kier molecular flexibility index (Phi) is 2.44. The summed E-state index contributed by atoms with van der Waals surface area (Å²) in [6.07, 6.45) is -1.55. The summed E-state index contributed by atoms with van der Waals surface area (Å²) in [6, 6.07) is 3.20. The van der Waals surface area contributed by atoms with Crippen LogP contribution in [0.15, 0.2) is 12.1 Å². The molecule has 1 aromatic rings. The Balaban J connectivity index is 3.09. The molecule has 1 aromatic heterocycles. The highest BCUT2D eigenvalue weighted by Gasteiger charge is 2.07. The monoisotopic (exact) mass is 173 g/mol. The maximum atomic E-state index is 8.73. The molecule has 0 amide bonds. The summed E-state index contributed by atoms with van der Waals surface area (Å²) in [5.74, 6) is 0. The number of halogens is 1. The van der Waals surface area contributed by atoms with Crippen LogP contribution in [0.3, 0.4) is 0 Å². The van der Waals surface area contributed by atoms with Crippen molar-refractivity contribution in [3.63, 3.8) is 0 Å². The van der Waals surface area contributed by atoms with Crippen molar-refractivity contribution in [2.24, 2.45) is 0 Å². The zero-order chi connectivity index (χ0) is 8.43. The van der Waals surface area contributed by atoms with Crippen LogP contribution in [0.4, 0.5) is 0 Å². The number of hydrogen-bond acceptors (Lipinski definition) is 3. The lowest BCUT2D eigenvalue weighted by atomic mass is 10.2. The van der Waals surface area contributed by atoms with E-state index in [9.17, 15) is 0 Å². The van der Waals surface area contributed by atoms with E-state index in [4.69, 9.17) is 21.8 Å². The van der Waals surface area contributed by atoms with Crippen molar-refractivity contribution in [2.75, 3.05) is 0 Å². The van der Waals surface area contributed by atoms with Crippen LogP contribution in [0, 0.1) is 6.92 Å². The number of aryl methyl sites for hydroxylation is 1. The summed E-state index contributed by atoms with van der Waals surface area (Å²) in [6.45, 7) is 1.78. The summed E-state index contributed by atoms with van der Waals surface area (Å²) in [7, 11) is 0. The first-order valence-corrected chi connectivity index (χ1v) is 3.48. The third-order valence-electron chi connectivity index (χ3n) is 1.29. The van der Waals surface area contributed by atoms with Crippen LogP contribution in [0.5, 0.6) is 0 Å². The molecule has 1 heterocycles. The first-order valence-electron chi connectivity index (χ1n) is 3.10. The van der Waals surface area contributed by atoms with Crippen LogP contribution in [-0.4, -0.2) is 15.2 Å². The first kappa shape index (κ1) is 8.46. The molecule has 60 valence electrons. The average Bonchev–Trinajstić information content (AvgIpc) is 1.85. The molecule has 0 aromatic carbocycles. The molecular formula is C7H8ClNO2. The number of rotatable bonds is 1. The molecule has 0 aliphatic heterocycles. The molecule has 0 atom stereocenters. The highest BCUT2D eigenvalue weighted by molar-refractivity contribution is 6.30. The van der Waals surface area contributed by atoms with Gasteiger partial charge in [0.25, 0.3) is 0 Å². The Morgan fingerprint density at radius 3 is 2.55 bits per heavy atom. The standard InChI is InChI=1S/C7H8ClNO2/c1-4-2-3-5(7(10)11)6(8)9-4/h2-3,7,10-11H,1H3. The van der Waals surface area contributed by atoms with Crippen LogP contribution in [0.2, 0.25) is 5.15 Å². The third kappa shape index (κ3) is 1.89. The number of nitrogens with zero attached hydrogens (tertiary/aromatic N) is 1. The minimum atomic E-state index is -1.55. The quantitative estimate of drug-likeness (QED) is 0.493. The number of aromatic nitrogens is 1. The van der Waals surface area contributed by atoms with Crippen molar-refractivity contribution in [1.82, 2.24) is 4.98 Å². The molecule has 2 N–H and O–H groups in total. The fraction of sp³-hybridized carbons (Fsp3) is 0.286. The van der Waals surface area contributed by atoms with Gasteiger partial charge in [-0.15, -0.1) is 0 Å². The summed E-state index contributed by atoms with van der Waals surface area (Å²) in [4.78, 5) is 3.84. The van der Waals surface area contributed by atoms with Gasteiger partial charge in [-0.1, -0.05) is 11.6 Å². The van der Waals surface area contributed by atoms with Crippen molar-refractivity contribution < 1.29 is 10.2 Å². The second-order valence-electron chi connectivity index (χ2n) is 2.21. The molecule has 0 unspecified atom stereocenters. The van der Waals surface area contributed by atoms with Gasteiger partial charge < -0.3 is 10.2 Å². The van der Waals surface area contributed by atoms with E-state index in [0.717, 1.165) is 5.69 Å².